The zero-order valence-electron chi connectivity index (χ0n) is 15.6. The van der Waals surface area contributed by atoms with Crippen molar-refractivity contribution >= 4 is 34.9 Å². The molecule has 1 fully saturated rings. The molecule has 3 rings (SSSR count). The van der Waals surface area contributed by atoms with Crippen molar-refractivity contribution in [2.45, 2.75) is 19.4 Å². The van der Waals surface area contributed by atoms with E-state index in [4.69, 9.17) is 21.1 Å². The molecule has 1 aliphatic heterocycles. The number of hydrogen-bond donors (Lipinski definition) is 0. The minimum atomic E-state index is -0.953. The molecule has 146 valence electrons. The van der Waals surface area contributed by atoms with Gasteiger partial charge in [0.25, 0.3) is 0 Å². The number of nitrogens with zero attached hydrogens (tertiary/aromatic N) is 1. The summed E-state index contributed by atoms with van der Waals surface area (Å²) in [7, 11) is 1.54. The Morgan fingerprint density at radius 3 is 2.46 bits per heavy atom. The molecule has 2 aromatic rings. The van der Waals surface area contributed by atoms with Gasteiger partial charge in [-0.2, -0.15) is 0 Å². The van der Waals surface area contributed by atoms with Gasteiger partial charge >= 0.3 is 5.97 Å². The Morgan fingerprint density at radius 2 is 1.82 bits per heavy atom. The highest BCUT2D eigenvalue weighted by atomic mass is 35.5. The third-order valence-electron chi connectivity index (χ3n) is 4.64. The van der Waals surface area contributed by atoms with Crippen LogP contribution in [0.4, 0.5) is 5.69 Å². The van der Waals surface area contributed by atoms with E-state index in [1.54, 1.807) is 48.5 Å². The Labute approximate surface area is 168 Å². The SMILES string of the molecule is COc1ccc(C(=O)[C@@H](C)OC(=O)[C@H]2CC(=O)N(c3ccccc3Cl)C2)cc1. The monoisotopic (exact) mass is 401 g/mol. The molecule has 0 saturated carbocycles. The number of Topliss-reactive ketones (excluding diaryl/α,β-unsaturated/α-hetero) is 1. The lowest BCUT2D eigenvalue weighted by molar-refractivity contribution is -0.151. The Balaban J connectivity index is 1.63. The van der Waals surface area contributed by atoms with Crippen LogP contribution in [0.15, 0.2) is 48.5 Å². The highest BCUT2D eigenvalue weighted by molar-refractivity contribution is 6.33. The second-order valence-electron chi connectivity index (χ2n) is 6.53. The summed E-state index contributed by atoms with van der Waals surface area (Å²) < 4.78 is 10.4. The van der Waals surface area contributed by atoms with Crippen molar-refractivity contribution in [2.75, 3.05) is 18.6 Å². The second kappa shape index (κ2) is 8.44. The Kier molecular flexibility index (Phi) is 5.99. The van der Waals surface area contributed by atoms with Gasteiger partial charge in [0.05, 0.1) is 23.7 Å². The van der Waals surface area contributed by atoms with E-state index in [2.05, 4.69) is 0 Å². The van der Waals surface area contributed by atoms with Gasteiger partial charge < -0.3 is 14.4 Å². The van der Waals surface area contributed by atoms with Crippen LogP contribution in [0.1, 0.15) is 23.7 Å². The van der Waals surface area contributed by atoms with Gasteiger partial charge in [0, 0.05) is 18.5 Å². The Morgan fingerprint density at radius 1 is 1.14 bits per heavy atom. The lowest BCUT2D eigenvalue weighted by Crippen LogP contribution is -2.30. The first-order valence-electron chi connectivity index (χ1n) is 8.84. The van der Waals surface area contributed by atoms with Crippen molar-refractivity contribution in [2.24, 2.45) is 5.92 Å². The smallest absolute Gasteiger partial charge is 0.312 e. The maximum absolute atomic E-state index is 12.5. The molecule has 1 saturated heterocycles. The van der Waals surface area contributed by atoms with E-state index < -0.39 is 18.0 Å². The average Bonchev–Trinajstić information content (AvgIpc) is 3.09. The van der Waals surface area contributed by atoms with Crippen molar-refractivity contribution in [3.63, 3.8) is 0 Å². The normalized spacial score (nSPS) is 17.3. The molecular formula is C21H20ClNO5. The lowest BCUT2D eigenvalue weighted by Gasteiger charge is -2.18. The fourth-order valence-electron chi connectivity index (χ4n) is 3.08. The van der Waals surface area contributed by atoms with Crippen LogP contribution in [0.2, 0.25) is 5.02 Å². The van der Waals surface area contributed by atoms with Gasteiger partial charge in [0.2, 0.25) is 11.7 Å². The van der Waals surface area contributed by atoms with Crippen LogP contribution in [0, 0.1) is 5.92 Å². The van der Waals surface area contributed by atoms with Crippen molar-refractivity contribution < 1.29 is 23.9 Å². The van der Waals surface area contributed by atoms with Gasteiger partial charge in [-0.25, -0.2) is 0 Å². The largest absolute Gasteiger partial charge is 0.497 e. The summed E-state index contributed by atoms with van der Waals surface area (Å²) in [6.07, 6.45) is -0.932. The summed E-state index contributed by atoms with van der Waals surface area (Å²) in [5, 5.41) is 0.438. The molecule has 0 bridgehead atoms. The molecule has 7 heteroatoms. The van der Waals surface area contributed by atoms with Crippen LogP contribution in [0.3, 0.4) is 0 Å². The third kappa shape index (κ3) is 4.17. The summed E-state index contributed by atoms with van der Waals surface area (Å²) in [6.45, 7) is 1.69. The van der Waals surface area contributed by atoms with E-state index in [9.17, 15) is 14.4 Å². The number of anilines is 1. The number of hydrogen-bond acceptors (Lipinski definition) is 5. The quantitative estimate of drug-likeness (QED) is 0.547. The molecule has 0 radical (unpaired) electrons. The van der Waals surface area contributed by atoms with Gasteiger partial charge in [-0.15, -0.1) is 0 Å². The van der Waals surface area contributed by atoms with E-state index in [0.29, 0.717) is 22.0 Å². The van der Waals surface area contributed by atoms with Gasteiger partial charge in [-0.1, -0.05) is 23.7 Å². The molecule has 2 atom stereocenters. The second-order valence-corrected chi connectivity index (χ2v) is 6.94. The van der Waals surface area contributed by atoms with Crippen molar-refractivity contribution in [1.29, 1.82) is 0 Å². The van der Waals surface area contributed by atoms with Crippen molar-refractivity contribution in [3.8, 4) is 5.75 Å². The van der Waals surface area contributed by atoms with Crippen LogP contribution in [0.25, 0.3) is 0 Å². The topological polar surface area (TPSA) is 72.9 Å². The van der Waals surface area contributed by atoms with Crippen LogP contribution in [-0.4, -0.2) is 37.4 Å². The lowest BCUT2D eigenvalue weighted by atomic mass is 10.1. The Hall–Kier alpha value is -2.86. The van der Waals surface area contributed by atoms with Crippen molar-refractivity contribution in [3.05, 3.63) is 59.1 Å². The molecule has 0 aliphatic carbocycles. The fourth-order valence-corrected chi connectivity index (χ4v) is 3.32. The third-order valence-corrected chi connectivity index (χ3v) is 4.96. The van der Waals surface area contributed by atoms with E-state index in [1.165, 1.54) is 18.9 Å². The standard InChI is InChI=1S/C21H20ClNO5/c1-13(20(25)14-7-9-16(27-2)10-8-14)28-21(26)15-11-19(24)23(12-15)18-6-4-3-5-17(18)22/h3-10,13,15H,11-12H2,1-2H3/t13-,15+/m1/s1. The maximum atomic E-state index is 12.5. The first-order valence-corrected chi connectivity index (χ1v) is 9.22. The molecule has 0 unspecified atom stereocenters. The first kappa shape index (κ1) is 19.9. The molecule has 1 heterocycles. The number of rotatable bonds is 6. The van der Waals surface area contributed by atoms with Crippen LogP contribution >= 0.6 is 11.6 Å². The molecule has 0 N–H and O–H groups in total. The number of benzene rings is 2. The minimum Gasteiger partial charge on any atom is -0.497 e. The highest BCUT2D eigenvalue weighted by Gasteiger charge is 2.38. The molecule has 0 aromatic heterocycles. The van der Waals surface area contributed by atoms with Gasteiger partial charge in [-0.3, -0.25) is 14.4 Å². The van der Waals surface area contributed by atoms with E-state index in [0.717, 1.165) is 0 Å². The number of methoxy groups -OCH3 is 1. The number of esters is 1. The maximum Gasteiger partial charge on any atom is 0.312 e. The predicted molar refractivity (Wildman–Crippen MR) is 105 cm³/mol. The molecule has 1 amide bonds. The molecule has 1 aliphatic rings. The Bertz CT molecular complexity index is 896. The molecule has 0 spiro atoms. The van der Waals surface area contributed by atoms with Crippen LogP contribution < -0.4 is 9.64 Å². The number of carbonyl (C=O) groups is 3. The minimum absolute atomic E-state index is 0.0213. The molecule has 2 aromatic carbocycles. The molecule has 6 nitrogen and oxygen atoms in total. The van der Waals surface area contributed by atoms with Gasteiger partial charge in [0.15, 0.2) is 6.10 Å². The number of amides is 1. The number of para-hydroxylation sites is 1. The fraction of sp³-hybridized carbons (Fsp3) is 0.286. The zero-order chi connectivity index (χ0) is 20.3. The predicted octanol–water partition coefficient (Wildman–Crippen LogP) is 3.52. The molecule has 28 heavy (non-hydrogen) atoms. The highest BCUT2D eigenvalue weighted by Crippen LogP contribution is 2.31. The number of carbonyl (C=O) groups excluding carboxylic acids is 3. The zero-order valence-corrected chi connectivity index (χ0v) is 16.3. The molecular weight excluding hydrogens is 382 g/mol. The van der Waals surface area contributed by atoms with Crippen LogP contribution in [-0.2, 0) is 14.3 Å². The summed E-state index contributed by atoms with van der Waals surface area (Å²) in [4.78, 5) is 38.8. The van der Waals surface area contributed by atoms with Crippen LogP contribution in [0.5, 0.6) is 5.75 Å². The van der Waals surface area contributed by atoms with Gasteiger partial charge in [-0.05, 0) is 43.3 Å². The average molecular weight is 402 g/mol. The summed E-state index contributed by atoms with van der Waals surface area (Å²) >= 11 is 6.15. The van der Waals surface area contributed by atoms with E-state index in [1.807, 2.05) is 0 Å². The van der Waals surface area contributed by atoms with E-state index in [-0.39, 0.29) is 24.7 Å². The first-order chi connectivity index (χ1) is 13.4. The van der Waals surface area contributed by atoms with Gasteiger partial charge in [0.1, 0.15) is 5.75 Å². The summed E-state index contributed by atoms with van der Waals surface area (Å²) in [5.74, 6) is -1.11. The summed E-state index contributed by atoms with van der Waals surface area (Å²) in [6, 6.07) is 13.5. The number of ketones is 1. The van der Waals surface area contributed by atoms with E-state index >= 15 is 0 Å². The number of ether oxygens (including phenoxy) is 2. The van der Waals surface area contributed by atoms with Crippen molar-refractivity contribution in [1.82, 2.24) is 0 Å². The summed E-state index contributed by atoms with van der Waals surface area (Å²) in [5.41, 5.74) is 0.980. The number of halogens is 1.